The molecule has 54 valence electrons. The van der Waals surface area contributed by atoms with Crippen LogP contribution in [-0.2, 0) is 14.3 Å². The molecule has 0 radical (unpaired) electrons. The van der Waals surface area contributed by atoms with Gasteiger partial charge in [0.25, 0.3) is 6.47 Å². The van der Waals surface area contributed by atoms with Gasteiger partial charge in [0.05, 0.1) is 13.2 Å². The molecular formula is C5H9ClO3. The van der Waals surface area contributed by atoms with Crippen molar-refractivity contribution in [3.05, 3.63) is 0 Å². The van der Waals surface area contributed by atoms with Crippen molar-refractivity contribution in [1.29, 1.82) is 0 Å². The van der Waals surface area contributed by atoms with Crippen LogP contribution in [0.15, 0.2) is 0 Å². The van der Waals surface area contributed by atoms with Crippen molar-refractivity contribution in [2.75, 3.05) is 25.7 Å². The van der Waals surface area contributed by atoms with E-state index in [1.54, 1.807) is 0 Å². The second-order valence-electron chi connectivity index (χ2n) is 1.27. The van der Waals surface area contributed by atoms with E-state index in [9.17, 15) is 4.79 Å². The van der Waals surface area contributed by atoms with Gasteiger partial charge in [0.2, 0.25) is 0 Å². The van der Waals surface area contributed by atoms with Gasteiger partial charge in [0.15, 0.2) is 0 Å². The van der Waals surface area contributed by atoms with Gasteiger partial charge < -0.3 is 9.47 Å². The van der Waals surface area contributed by atoms with Crippen LogP contribution in [0.5, 0.6) is 0 Å². The first-order valence-corrected chi connectivity index (χ1v) is 3.14. The van der Waals surface area contributed by atoms with Crippen molar-refractivity contribution in [2.24, 2.45) is 0 Å². The zero-order valence-electron chi connectivity index (χ0n) is 5.01. The van der Waals surface area contributed by atoms with Crippen molar-refractivity contribution < 1.29 is 14.3 Å². The van der Waals surface area contributed by atoms with Gasteiger partial charge >= 0.3 is 0 Å². The summed E-state index contributed by atoms with van der Waals surface area (Å²) < 4.78 is 9.20. The average molecular weight is 153 g/mol. The van der Waals surface area contributed by atoms with Gasteiger partial charge in [-0.2, -0.15) is 0 Å². The number of carbonyl (C=O) groups excluding carboxylic acids is 1. The smallest absolute Gasteiger partial charge is 0.293 e. The summed E-state index contributed by atoms with van der Waals surface area (Å²) in [4.78, 5) is 9.53. The molecule has 0 fully saturated rings. The standard InChI is InChI=1S/C5H9ClO3/c6-1-2-8-3-4-9-5-7/h5H,1-4H2. The fourth-order valence-corrected chi connectivity index (χ4v) is 0.421. The molecule has 0 aliphatic carbocycles. The Balaban J connectivity index is 2.66. The Kier molecular flexibility index (Phi) is 7.48. The van der Waals surface area contributed by atoms with Crippen molar-refractivity contribution in [2.45, 2.75) is 0 Å². The van der Waals surface area contributed by atoms with E-state index in [-0.39, 0.29) is 0 Å². The van der Waals surface area contributed by atoms with Crippen molar-refractivity contribution in [3.63, 3.8) is 0 Å². The Hall–Kier alpha value is -0.280. The lowest BCUT2D eigenvalue weighted by Crippen LogP contribution is -2.04. The van der Waals surface area contributed by atoms with E-state index in [0.717, 1.165) is 0 Å². The lowest BCUT2D eigenvalue weighted by atomic mass is 10.7. The molecule has 0 aromatic carbocycles. The Bertz CT molecular complexity index is 67.2. The molecule has 0 amide bonds. The van der Waals surface area contributed by atoms with E-state index in [4.69, 9.17) is 16.3 Å². The summed E-state index contributed by atoms with van der Waals surface area (Å²) >= 11 is 5.28. The van der Waals surface area contributed by atoms with Crippen molar-refractivity contribution in [3.8, 4) is 0 Å². The van der Waals surface area contributed by atoms with Crippen LogP contribution in [0.3, 0.4) is 0 Å². The first-order chi connectivity index (χ1) is 4.41. The molecule has 0 saturated carbocycles. The molecule has 3 nitrogen and oxygen atoms in total. The van der Waals surface area contributed by atoms with E-state index >= 15 is 0 Å². The molecule has 0 atom stereocenters. The fraction of sp³-hybridized carbons (Fsp3) is 0.800. The molecule has 0 rings (SSSR count). The number of carbonyl (C=O) groups is 1. The zero-order chi connectivity index (χ0) is 6.95. The molecule has 0 aromatic heterocycles. The molecule has 0 aliphatic rings. The van der Waals surface area contributed by atoms with Gasteiger partial charge in [-0.3, -0.25) is 4.79 Å². The first kappa shape index (κ1) is 8.72. The van der Waals surface area contributed by atoms with Gasteiger partial charge in [-0.05, 0) is 0 Å². The third kappa shape index (κ3) is 7.72. The normalized spacial score (nSPS) is 9.00. The minimum atomic E-state index is 0.306. The van der Waals surface area contributed by atoms with Gasteiger partial charge in [-0.1, -0.05) is 0 Å². The maximum absolute atomic E-state index is 9.53. The van der Waals surface area contributed by atoms with E-state index < -0.39 is 0 Å². The summed E-state index contributed by atoms with van der Waals surface area (Å²) in [6.07, 6.45) is 0. The summed E-state index contributed by atoms with van der Waals surface area (Å²) in [7, 11) is 0. The highest BCUT2D eigenvalue weighted by molar-refractivity contribution is 6.17. The third-order valence-electron chi connectivity index (χ3n) is 0.635. The van der Waals surface area contributed by atoms with Crippen LogP contribution in [0.2, 0.25) is 0 Å². The Labute approximate surface area is 58.9 Å². The number of alkyl halides is 1. The number of hydrogen-bond acceptors (Lipinski definition) is 3. The Morgan fingerprint density at radius 1 is 1.33 bits per heavy atom. The van der Waals surface area contributed by atoms with Crippen molar-refractivity contribution >= 4 is 18.1 Å². The number of ether oxygens (including phenoxy) is 2. The van der Waals surface area contributed by atoms with Gasteiger partial charge in [0.1, 0.15) is 6.61 Å². The predicted octanol–water partition coefficient (Wildman–Crippen LogP) is 0.415. The highest BCUT2D eigenvalue weighted by atomic mass is 35.5. The molecule has 0 aliphatic heterocycles. The second-order valence-corrected chi connectivity index (χ2v) is 1.65. The molecule has 4 heteroatoms. The van der Waals surface area contributed by atoms with E-state index in [1.807, 2.05) is 0 Å². The number of hydrogen-bond donors (Lipinski definition) is 0. The van der Waals surface area contributed by atoms with Gasteiger partial charge in [0, 0.05) is 5.88 Å². The topological polar surface area (TPSA) is 35.5 Å². The fourth-order valence-electron chi connectivity index (χ4n) is 0.312. The molecule has 0 spiro atoms. The SMILES string of the molecule is O=COCCOCCCl. The minimum absolute atomic E-state index is 0.306. The summed E-state index contributed by atoms with van der Waals surface area (Å²) in [5, 5.41) is 0. The largest absolute Gasteiger partial charge is 0.465 e. The van der Waals surface area contributed by atoms with Crippen LogP contribution in [0.4, 0.5) is 0 Å². The molecule has 0 heterocycles. The van der Waals surface area contributed by atoms with Gasteiger partial charge in [-0.15, -0.1) is 11.6 Å². The Morgan fingerprint density at radius 2 is 2.11 bits per heavy atom. The Morgan fingerprint density at radius 3 is 2.67 bits per heavy atom. The van der Waals surface area contributed by atoms with Gasteiger partial charge in [-0.25, -0.2) is 0 Å². The van der Waals surface area contributed by atoms with Crippen LogP contribution >= 0.6 is 11.6 Å². The summed E-state index contributed by atoms with van der Waals surface area (Å²) in [5.74, 6) is 0.473. The average Bonchev–Trinajstić information content (AvgIpc) is 1.89. The lowest BCUT2D eigenvalue weighted by Gasteiger charge is -1.98. The zero-order valence-corrected chi connectivity index (χ0v) is 5.76. The molecule has 0 aromatic rings. The molecule has 9 heavy (non-hydrogen) atoms. The number of halogens is 1. The van der Waals surface area contributed by atoms with Crippen LogP contribution in [-0.4, -0.2) is 32.2 Å². The molecule has 0 unspecified atom stereocenters. The quantitative estimate of drug-likeness (QED) is 0.314. The summed E-state index contributed by atoms with van der Waals surface area (Å²) in [6, 6.07) is 0. The molecular weight excluding hydrogens is 144 g/mol. The van der Waals surface area contributed by atoms with Crippen LogP contribution in [0.1, 0.15) is 0 Å². The summed E-state index contributed by atoms with van der Waals surface area (Å²) in [5.41, 5.74) is 0. The maximum atomic E-state index is 9.53. The third-order valence-corrected chi connectivity index (χ3v) is 0.789. The van der Waals surface area contributed by atoms with E-state index in [1.165, 1.54) is 0 Å². The summed E-state index contributed by atoms with van der Waals surface area (Å²) in [6.45, 7) is 1.62. The van der Waals surface area contributed by atoms with Crippen LogP contribution in [0, 0.1) is 0 Å². The first-order valence-electron chi connectivity index (χ1n) is 2.60. The monoisotopic (exact) mass is 152 g/mol. The molecule has 0 saturated heterocycles. The van der Waals surface area contributed by atoms with Crippen molar-refractivity contribution in [1.82, 2.24) is 0 Å². The lowest BCUT2D eigenvalue weighted by molar-refractivity contribution is -0.130. The maximum Gasteiger partial charge on any atom is 0.293 e. The van der Waals surface area contributed by atoms with E-state index in [0.29, 0.717) is 32.2 Å². The molecule has 0 bridgehead atoms. The highest BCUT2D eigenvalue weighted by Gasteiger charge is 1.84. The highest BCUT2D eigenvalue weighted by Crippen LogP contribution is 1.78. The second kappa shape index (κ2) is 7.72. The predicted molar refractivity (Wildman–Crippen MR) is 33.6 cm³/mol. The number of rotatable bonds is 6. The minimum Gasteiger partial charge on any atom is -0.465 e. The van der Waals surface area contributed by atoms with E-state index in [2.05, 4.69) is 4.74 Å². The van der Waals surface area contributed by atoms with Crippen LogP contribution in [0.25, 0.3) is 0 Å². The molecule has 0 N–H and O–H groups in total. The van der Waals surface area contributed by atoms with Crippen LogP contribution < -0.4 is 0 Å².